The van der Waals surface area contributed by atoms with Gasteiger partial charge in [-0.3, -0.25) is 0 Å². The minimum Gasteiger partial charge on any atom is -0.380 e. The number of rotatable bonds is 5. The van der Waals surface area contributed by atoms with Crippen molar-refractivity contribution in [3.63, 3.8) is 0 Å². The van der Waals surface area contributed by atoms with Gasteiger partial charge in [0.05, 0.1) is 23.5 Å². The van der Waals surface area contributed by atoms with Gasteiger partial charge in [0.1, 0.15) is 5.82 Å². The number of benzene rings is 2. The third-order valence-electron chi connectivity index (χ3n) is 5.67. The lowest BCUT2D eigenvalue weighted by atomic mass is 9.94. The zero-order chi connectivity index (χ0) is 24.7. The molecule has 3 aromatic rings. The van der Waals surface area contributed by atoms with E-state index >= 15 is 0 Å². The van der Waals surface area contributed by atoms with E-state index in [2.05, 4.69) is 10.3 Å². The Kier molecular flexibility index (Phi) is 6.09. The normalized spacial score (nSPS) is 19.2. The molecule has 0 radical (unpaired) electrons. The minimum atomic E-state index is -4.73. The highest BCUT2D eigenvalue weighted by Crippen LogP contribution is 2.36. The summed E-state index contributed by atoms with van der Waals surface area (Å²) in [7, 11) is -2.34. The molecule has 1 saturated heterocycles. The molecule has 1 aliphatic rings. The van der Waals surface area contributed by atoms with Gasteiger partial charge in [-0.15, -0.1) is 0 Å². The summed E-state index contributed by atoms with van der Waals surface area (Å²) in [6, 6.07) is 9.66. The van der Waals surface area contributed by atoms with Crippen LogP contribution >= 0.6 is 0 Å². The van der Waals surface area contributed by atoms with Crippen molar-refractivity contribution in [2.45, 2.75) is 23.2 Å². The van der Waals surface area contributed by atoms with Gasteiger partial charge in [-0.1, -0.05) is 12.1 Å². The molecule has 1 fully saturated rings. The van der Waals surface area contributed by atoms with Crippen LogP contribution in [0.2, 0.25) is 0 Å². The lowest BCUT2D eigenvalue weighted by molar-refractivity contribution is -0.137. The Labute approximate surface area is 193 Å². The van der Waals surface area contributed by atoms with Crippen LogP contribution in [0.1, 0.15) is 22.6 Å². The number of halogens is 4. The highest BCUT2D eigenvalue weighted by atomic mass is 32.2. The van der Waals surface area contributed by atoms with Crippen molar-refractivity contribution in [1.29, 1.82) is 5.26 Å². The van der Waals surface area contributed by atoms with Crippen molar-refractivity contribution in [3.05, 3.63) is 77.5 Å². The minimum absolute atomic E-state index is 0.0185. The van der Waals surface area contributed by atoms with Crippen LogP contribution in [0.3, 0.4) is 0 Å². The molecule has 1 N–H and O–H groups in total. The molecule has 1 aromatic heterocycles. The van der Waals surface area contributed by atoms with Gasteiger partial charge in [-0.2, -0.15) is 22.7 Å². The fourth-order valence-electron chi connectivity index (χ4n) is 3.99. The van der Waals surface area contributed by atoms with E-state index < -0.39 is 45.1 Å². The summed E-state index contributed by atoms with van der Waals surface area (Å²) >= 11 is 0. The van der Waals surface area contributed by atoms with Crippen molar-refractivity contribution in [2.75, 3.05) is 18.4 Å². The number of aryl methyl sites for hydroxylation is 1. The van der Waals surface area contributed by atoms with Crippen molar-refractivity contribution in [2.24, 2.45) is 7.05 Å². The standard InChI is InChI=1S/C22H19F4N5O2S/c1-30-12-21(28-13-30)34(32,33)31-10-18(14-2-5-16(23)6-3-14)20(11-31)29-17-7-4-15(9-27)19(8-17)22(24,25)26/h2-8,12-13,18,20,29H,10-11H2,1H3/t18-,20+/m1/s1. The molecule has 0 spiro atoms. The summed E-state index contributed by atoms with van der Waals surface area (Å²) in [4.78, 5) is 3.92. The Bertz CT molecular complexity index is 1350. The number of anilines is 1. The quantitative estimate of drug-likeness (QED) is 0.547. The van der Waals surface area contributed by atoms with Gasteiger partial charge in [0.2, 0.25) is 0 Å². The van der Waals surface area contributed by atoms with Crippen LogP contribution in [-0.4, -0.2) is 41.4 Å². The van der Waals surface area contributed by atoms with E-state index in [1.807, 2.05) is 0 Å². The maximum Gasteiger partial charge on any atom is 0.417 e. The smallest absolute Gasteiger partial charge is 0.380 e. The van der Waals surface area contributed by atoms with Crippen LogP contribution in [0.15, 0.2) is 60.0 Å². The first-order valence-corrected chi connectivity index (χ1v) is 11.5. The third-order valence-corrected chi connectivity index (χ3v) is 7.38. The fraction of sp³-hybridized carbons (Fsp3) is 0.273. The largest absolute Gasteiger partial charge is 0.417 e. The number of imidazole rings is 1. The Balaban J connectivity index is 1.69. The maximum absolute atomic E-state index is 13.5. The monoisotopic (exact) mass is 493 g/mol. The molecule has 34 heavy (non-hydrogen) atoms. The number of nitrogens with zero attached hydrogens (tertiary/aromatic N) is 4. The molecule has 2 aromatic carbocycles. The first kappa shape index (κ1) is 23.7. The van der Waals surface area contributed by atoms with Gasteiger partial charge in [0.25, 0.3) is 10.0 Å². The predicted molar refractivity (Wildman–Crippen MR) is 115 cm³/mol. The highest BCUT2D eigenvalue weighted by Gasteiger charge is 2.41. The number of alkyl halides is 3. The SMILES string of the molecule is Cn1cnc(S(=O)(=O)N2C[C@H](Nc3ccc(C#N)c(C(F)(F)F)c3)[C@@H](c3ccc(F)cc3)C2)c1. The maximum atomic E-state index is 13.5. The molecule has 0 aliphatic carbocycles. The van der Waals surface area contributed by atoms with Gasteiger partial charge in [0, 0.05) is 44.0 Å². The Morgan fingerprint density at radius 1 is 1.15 bits per heavy atom. The van der Waals surface area contributed by atoms with Gasteiger partial charge in [-0.05, 0) is 35.9 Å². The summed E-state index contributed by atoms with van der Waals surface area (Å²) in [6.45, 7) is -0.0348. The summed E-state index contributed by atoms with van der Waals surface area (Å²) in [6.07, 6.45) is -2.02. The second-order valence-electron chi connectivity index (χ2n) is 7.98. The van der Waals surface area contributed by atoms with E-state index in [9.17, 15) is 26.0 Å². The second-order valence-corrected chi connectivity index (χ2v) is 9.86. The van der Waals surface area contributed by atoms with Crippen molar-refractivity contribution in [3.8, 4) is 6.07 Å². The Morgan fingerprint density at radius 2 is 1.85 bits per heavy atom. The number of hydrogen-bond donors (Lipinski definition) is 1. The molecular formula is C22H19F4N5O2S. The van der Waals surface area contributed by atoms with Crippen molar-refractivity contribution in [1.82, 2.24) is 13.9 Å². The van der Waals surface area contributed by atoms with Gasteiger partial charge >= 0.3 is 6.18 Å². The molecule has 0 bridgehead atoms. The third kappa shape index (κ3) is 4.62. The molecule has 0 unspecified atom stereocenters. The average molecular weight is 493 g/mol. The van der Waals surface area contributed by atoms with Crippen molar-refractivity contribution < 1.29 is 26.0 Å². The lowest BCUT2D eigenvalue weighted by Gasteiger charge is -2.22. The van der Waals surface area contributed by atoms with Crippen LogP contribution in [0.5, 0.6) is 0 Å². The molecule has 178 valence electrons. The van der Waals surface area contributed by atoms with Crippen LogP contribution < -0.4 is 5.32 Å². The first-order chi connectivity index (χ1) is 16.0. The topological polar surface area (TPSA) is 91.0 Å². The van der Waals surface area contributed by atoms with E-state index in [0.717, 1.165) is 12.1 Å². The summed E-state index contributed by atoms with van der Waals surface area (Å²) in [5.74, 6) is -0.949. The summed E-state index contributed by atoms with van der Waals surface area (Å²) in [5, 5.41) is 11.9. The number of aromatic nitrogens is 2. The van der Waals surface area contributed by atoms with Crippen LogP contribution in [0.4, 0.5) is 23.2 Å². The number of sulfonamides is 1. The van der Waals surface area contributed by atoms with E-state index in [1.165, 1.54) is 57.8 Å². The summed E-state index contributed by atoms with van der Waals surface area (Å²) < 4.78 is 82.6. The number of nitrogens with one attached hydrogen (secondary N) is 1. The lowest BCUT2D eigenvalue weighted by Crippen LogP contribution is -2.32. The molecule has 12 heteroatoms. The molecule has 2 heterocycles. The van der Waals surface area contributed by atoms with E-state index in [-0.39, 0.29) is 23.8 Å². The van der Waals surface area contributed by atoms with Gasteiger partial charge in [-0.25, -0.2) is 17.8 Å². The molecule has 2 atom stereocenters. The highest BCUT2D eigenvalue weighted by molar-refractivity contribution is 7.89. The number of hydrogen-bond acceptors (Lipinski definition) is 5. The molecule has 7 nitrogen and oxygen atoms in total. The summed E-state index contributed by atoms with van der Waals surface area (Å²) in [5.41, 5.74) is -0.893. The molecule has 0 saturated carbocycles. The van der Waals surface area contributed by atoms with Gasteiger partial charge < -0.3 is 9.88 Å². The second kappa shape index (κ2) is 8.73. The Hall–Kier alpha value is -3.43. The average Bonchev–Trinajstić information content (AvgIpc) is 3.41. The zero-order valence-electron chi connectivity index (χ0n) is 17.8. The zero-order valence-corrected chi connectivity index (χ0v) is 18.6. The molecule has 4 rings (SSSR count). The Morgan fingerprint density at radius 3 is 2.44 bits per heavy atom. The van der Waals surface area contributed by atoms with Crippen LogP contribution in [0.25, 0.3) is 0 Å². The van der Waals surface area contributed by atoms with Crippen LogP contribution in [-0.2, 0) is 23.2 Å². The first-order valence-electron chi connectivity index (χ1n) is 10.1. The molecular weight excluding hydrogens is 474 g/mol. The predicted octanol–water partition coefficient (Wildman–Crippen LogP) is 3.72. The molecule has 0 amide bonds. The fourth-order valence-corrected chi connectivity index (χ4v) is 5.45. The van der Waals surface area contributed by atoms with Crippen molar-refractivity contribution >= 4 is 15.7 Å². The van der Waals surface area contributed by atoms with E-state index in [0.29, 0.717) is 5.56 Å². The van der Waals surface area contributed by atoms with E-state index in [1.54, 1.807) is 7.05 Å². The molecule has 1 aliphatic heterocycles. The number of nitriles is 1. The van der Waals surface area contributed by atoms with E-state index in [4.69, 9.17) is 5.26 Å². The van der Waals surface area contributed by atoms with Crippen LogP contribution in [0, 0.1) is 17.1 Å². The van der Waals surface area contributed by atoms with Gasteiger partial charge in [0.15, 0.2) is 5.03 Å².